The molecule has 1 atom stereocenters. The van der Waals surface area contributed by atoms with Gasteiger partial charge < -0.3 is 14.4 Å². The zero-order valence-corrected chi connectivity index (χ0v) is 17.0. The molecule has 0 aromatic heterocycles. The maximum atomic E-state index is 13.0. The van der Waals surface area contributed by atoms with Crippen LogP contribution in [0.1, 0.15) is 70.6 Å². The number of rotatable bonds is 6. The number of hydroxylamine groups is 1. The largest absolute Gasteiger partial charge is 0.621 e. The van der Waals surface area contributed by atoms with E-state index in [1.807, 2.05) is 0 Å². The van der Waals surface area contributed by atoms with Crippen molar-refractivity contribution in [1.29, 1.82) is 0 Å². The first-order valence-electron chi connectivity index (χ1n) is 10.7. The molecule has 5 rings (SSSR count). The lowest BCUT2D eigenvalue weighted by Gasteiger charge is -2.55. The van der Waals surface area contributed by atoms with E-state index in [-0.39, 0.29) is 30.0 Å². The molecule has 5 saturated carbocycles. The van der Waals surface area contributed by atoms with Gasteiger partial charge in [0, 0.05) is 6.42 Å². The highest BCUT2D eigenvalue weighted by Crippen LogP contribution is 2.60. The van der Waals surface area contributed by atoms with Crippen LogP contribution in [0, 0.1) is 34.3 Å². The summed E-state index contributed by atoms with van der Waals surface area (Å²) in [5.41, 5.74) is -4.72. The van der Waals surface area contributed by atoms with Crippen molar-refractivity contribution in [3.8, 4) is 0 Å². The van der Waals surface area contributed by atoms with Crippen LogP contribution < -0.4 is 4.47 Å². The number of esters is 1. The highest BCUT2D eigenvalue weighted by atomic mass is 32.2. The molecule has 5 aliphatic carbocycles. The maximum Gasteiger partial charge on any atom is 0.496 e. The summed E-state index contributed by atoms with van der Waals surface area (Å²) in [7, 11) is 0. The number of halogens is 3. The monoisotopic (exact) mass is 421 g/mol. The van der Waals surface area contributed by atoms with E-state index in [2.05, 4.69) is 0 Å². The second kappa shape index (κ2) is 7.99. The fourth-order valence-electron chi connectivity index (χ4n) is 6.68. The van der Waals surface area contributed by atoms with E-state index >= 15 is 0 Å². The Hall–Kier alpha value is -0.470. The molecule has 1 N–H and O–H groups in total. The molecule has 0 aliphatic heterocycles. The second-order valence-electron chi connectivity index (χ2n) is 9.70. The minimum Gasteiger partial charge on any atom is -0.621 e. The molecule has 28 heavy (non-hydrogen) atoms. The normalized spacial score (nSPS) is 41.1. The average molecular weight is 422 g/mol. The van der Waals surface area contributed by atoms with Crippen LogP contribution in [0.15, 0.2) is 0 Å². The molecule has 1 unspecified atom stereocenters. The molecule has 0 saturated heterocycles. The van der Waals surface area contributed by atoms with E-state index in [1.165, 1.54) is 19.3 Å². The van der Waals surface area contributed by atoms with Crippen molar-refractivity contribution in [1.82, 2.24) is 0 Å². The Bertz CT molecular complexity index is 542. The molecular formula is C20H30F3NO3S. The van der Waals surface area contributed by atoms with Crippen LogP contribution in [-0.4, -0.2) is 24.1 Å². The van der Waals surface area contributed by atoms with Crippen LogP contribution in [0.5, 0.6) is 0 Å². The molecule has 4 nitrogen and oxygen atoms in total. The van der Waals surface area contributed by atoms with Gasteiger partial charge in [0.15, 0.2) is 11.9 Å². The van der Waals surface area contributed by atoms with Crippen LogP contribution in [0.4, 0.5) is 13.2 Å². The summed E-state index contributed by atoms with van der Waals surface area (Å²) in [6, 6.07) is 0. The van der Waals surface area contributed by atoms with Crippen LogP contribution in [0.25, 0.3) is 0 Å². The Morgan fingerprint density at radius 2 is 1.57 bits per heavy atom. The number of carbonyl (C=O) groups excluding carboxylic acids is 1. The highest BCUT2D eigenvalue weighted by Gasteiger charge is 2.55. The van der Waals surface area contributed by atoms with E-state index in [0.29, 0.717) is 24.2 Å². The molecule has 0 aromatic carbocycles. The first kappa shape index (κ1) is 20.8. The van der Waals surface area contributed by atoms with Gasteiger partial charge in [-0.3, -0.25) is 4.79 Å². The minimum absolute atomic E-state index is 0.0202. The van der Waals surface area contributed by atoms with Gasteiger partial charge in [0.2, 0.25) is 0 Å². The maximum absolute atomic E-state index is 13.0. The number of carbonyl (C=O) groups is 1. The Morgan fingerprint density at radius 3 is 2.07 bits per heavy atom. The highest BCUT2D eigenvalue weighted by molar-refractivity contribution is 7.93. The quantitative estimate of drug-likeness (QED) is 0.396. The fourth-order valence-corrected chi connectivity index (χ4v) is 7.16. The van der Waals surface area contributed by atoms with Gasteiger partial charge in [-0.05, 0) is 87.9 Å². The van der Waals surface area contributed by atoms with Gasteiger partial charge in [0.25, 0.3) is 0 Å². The van der Waals surface area contributed by atoms with Crippen LogP contribution in [0.2, 0.25) is 0 Å². The lowest BCUT2D eigenvalue weighted by Crippen LogP contribution is -3.01. The molecule has 160 valence electrons. The molecular weight excluding hydrogens is 391 g/mol. The molecule has 5 fully saturated rings. The summed E-state index contributed by atoms with van der Waals surface area (Å²) >= 11 is -0.527. The van der Waals surface area contributed by atoms with Crippen LogP contribution >= 0.6 is 11.9 Å². The summed E-state index contributed by atoms with van der Waals surface area (Å²) in [6.45, 7) is -0.0351. The summed E-state index contributed by atoms with van der Waals surface area (Å²) in [5, 5.41) is 11.4. The average Bonchev–Trinajstić information content (AvgIpc) is 2.58. The number of alkyl halides is 3. The van der Waals surface area contributed by atoms with E-state index in [4.69, 9.17) is 4.74 Å². The molecule has 0 radical (unpaired) electrons. The number of nitrogens with one attached hydrogen (secondary N) is 1. The summed E-state index contributed by atoms with van der Waals surface area (Å²) in [5.74, 6) is 2.41. The Kier molecular flexibility index (Phi) is 5.93. The van der Waals surface area contributed by atoms with Crippen molar-refractivity contribution in [3.63, 3.8) is 0 Å². The first-order valence-corrected chi connectivity index (χ1v) is 11.5. The van der Waals surface area contributed by atoms with Crippen LogP contribution in [-0.2, 0) is 9.53 Å². The first-order chi connectivity index (χ1) is 13.2. The second-order valence-corrected chi connectivity index (χ2v) is 10.8. The standard InChI is InChI=1S/C20H30F3NO3S/c21-20(22,23)28-24(26)6-5-13-1-3-17(4-2-13)27-18(25)19-10-14-7-15(11-19)9-16(8-14)12-19/h13-17,24H,1-12H2. The van der Waals surface area contributed by atoms with Gasteiger partial charge in [-0.15, -0.1) is 0 Å². The van der Waals surface area contributed by atoms with E-state index in [9.17, 15) is 23.2 Å². The Labute approximate surface area is 168 Å². The van der Waals surface area contributed by atoms with Crippen molar-refractivity contribution in [2.75, 3.05) is 6.54 Å². The van der Waals surface area contributed by atoms with Crippen molar-refractivity contribution < 1.29 is 27.2 Å². The lowest BCUT2D eigenvalue weighted by molar-refractivity contribution is -0.698. The number of hydrogen-bond acceptors (Lipinski definition) is 4. The van der Waals surface area contributed by atoms with Crippen molar-refractivity contribution in [3.05, 3.63) is 5.21 Å². The Morgan fingerprint density at radius 1 is 1.04 bits per heavy atom. The minimum atomic E-state index is -4.49. The Balaban J connectivity index is 1.20. The third kappa shape index (κ3) is 4.81. The summed E-state index contributed by atoms with van der Waals surface area (Å²) < 4.78 is 41.8. The third-order valence-corrected chi connectivity index (χ3v) is 8.19. The number of quaternary nitrogens is 1. The van der Waals surface area contributed by atoms with Gasteiger partial charge in [0.05, 0.1) is 12.0 Å². The zero-order chi connectivity index (χ0) is 19.9. The van der Waals surface area contributed by atoms with Gasteiger partial charge in [-0.25, -0.2) is 0 Å². The predicted molar refractivity (Wildman–Crippen MR) is 99.9 cm³/mol. The van der Waals surface area contributed by atoms with Gasteiger partial charge in [-0.1, -0.05) is 0 Å². The van der Waals surface area contributed by atoms with E-state index in [0.717, 1.165) is 44.9 Å². The lowest BCUT2D eigenvalue weighted by atomic mass is 9.49. The van der Waals surface area contributed by atoms with Gasteiger partial charge in [0.1, 0.15) is 6.10 Å². The zero-order valence-electron chi connectivity index (χ0n) is 16.1. The molecule has 0 spiro atoms. The molecule has 4 bridgehead atoms. The predicted octanol–water partition coefficient (Wildman–Crippen LogP) is 4.25. The SMILES string of the molecule is O=C(OC1CCC(CC[NH+]([O-])SC(F)(F)F)CC1)C12CC3CC(CC(C3)C1)C2. The molecule has 8 heteroatoms. The summed E-state index contributed by atoms with van der Waals surface area (Å²) in [4.78, 5) is 13.0. The molecule has 0 aromatic rings. The third-order valence-electron chi connectivity index (χ3n) is 7.53. The molecule has 0 amide bonds. The smallest absolute Gasteiger partial charge is 0.496 e. The topological polar surface area (TPSA) is 53.8 Å². The van der Waals surface area contributed by atoms with Crippen LogP contribution in [0.3, 0.4) is 0 Å². The summed E-state index contributed by atoms with van der Waals surface area (Å²) in [6.07, 6.45) is 10.5. The van der Waals surface area contributed by atoms with Gasteiger partial charge >= 0.3 is 11.5 Å². The van der Waals surface area contributed by atoms with Gasteiger partial charge in [-0.2, -0.15) is 13.2 Å². The van der Waals surface area contributed by atoms with Crippen molar-refractivity contribution in [2.24, 2.45) is 29.1 Å². The van der Waals surface area contributed by atoms with Crippen molar-refractivity contribution in [2.45, 2.75) is 82.2 Å². The van der Waals surface area contributed by atoms with E-state index in [1.54, 1.807) is 0 Å². The fraction of sp³-hybridized carbons (Fsp3) is 0.950. The van der Waals surface area contributed by atoms with Crippen molar-refractivity contribution >= 4 is 17.9 Å². The molecule has 0 heterocycles. The van der Waals surface area contributed by atoms with E-state index < -0.39 is 21.9 Å². The number of ether oxygens (including phenoxy) is 1. The number of hydrogen-bond donors (Lipinski definition) is 1. The molecule has 5 aliphatic rings.